The molecule has 2 aliphatic heterocycles. The molecule has 2 heterocycles. The average molecular weight is 464 g/mol. The van der Waals surface area contributed by atoms with E-state index in [1.807, 2.05) is 6.07 Å². The van der Waals surface area contributed by atoms with Crippen molar-refractivity contribution >= 4 is 29.3 Å². The van der Waals surface area contributed by atoms with Crippen LogP contribution in [0.3, 0.4) is 0 Å². The van der Waals surface area contributed by atoms with E-state index in [0.29, 0.717) is 6.54 Å². The number of carbonyl (C=O) groups excluding carboxylic acids is 2. The van der Waals surface area contributed by atoms with Crippen molar-refractivity contribution in [3.05, 3.63) is 28.3 Å². The minimum atomic E-state index is -0.736. The topological polar surface area (TPSA) is 109 Å². The highest BCUT2D eigenvalue weighted by atomic mass is 35.5. The molecule has 0 radical (unpaired) electrons. The summed E-state index contributed by atoms with van der Waals surface area (Å²) in [5, 5.41) is 22.6. The molecule has 0 bridgehead atoms. The highest BCUT2D eigenvalue weighted by molar-refractivity contribution is 6.37. The second-order valence-electron chi connectivity index (χ2n) is 9.31. The van der Waals surface area contributed by atoms with E-state index in [1.165, 1.54) is 12.1 Å². The maximum Gasteiger partial charge on any atom is 0.412 e. The maximum absolute atomic E-state index is 13.3. The Bertz CT molecular complexity index is 918. The molecular formula is C22H30ClN5O4. The fraction of sp³-hybridized carbons (Fsp3) is 0.591. The quantitative estimate of drug-likeness (QED) is 0.705. The molecule has 32 heavy (non-hydrogen) atoms. The summed E-state index contributed by atoms with van der Waals surface area (Å²) in [6.45, 7) is 9.20. The van der Waals surface area contributed by atoms with Crippen molar-refractivity contribution in [1.82, 2.24) is 14.7 Å². The number of β-amino-alcohol motifs (C(OH)–C–C–N with tert-alkyl or cyclic N) is 1. The predicted molar refractivity (Wildman–Crippen MR) is 121 cm³/mol. The van der Waals surface area contributed by atoms with Crippen LogP contribution in [0.2, 0.25) is 5.02 Å². The van der Waals surface area contributed by atoms with Gasteiger partial charge in [-0.15, -0.1) is 0 Å². The van der Waals surface area contributed by atoms with Gasteiger partial charge in [0, 0.05) is 39.3 Å². The third kappa shape index (κ3) is 5.70. The Labute approximate surface area is 193 Å². The number of hydrogen-bond donors (Lipinski definition) is 2. The van der Waals surface area contributed by atoms with Gasteiger partial charge in [0.15, 0.2) is 0 Å². The number of likely N-dealkylation sites (N-methyl/N-ethyl adjacent to an activating group) is 1. The van der Waals surface area contributed by atoms with Gasteiger partial charge in [-0.3, -0.25) is 15.0 Å². The second-order valence-corrected chi connectivity index (χ2v) is 9.69. The SMILES string of the molecule is CN1CCN(C2CN(C(=O)c3cc(C#N)cc(NC(=O)OC(C)(C)C)c3Cl)CC2O)CC1. The number of nitrogens with one attached hydrogen (secondary N) is 1. The molecule has 2 aliphatic rings. The van der Waals surface area contributed by atoms with Gasteiger partial charge in [-0.25, -0.2) is 4.79 Å². The summed E-state index contributed by atoms with van der Waals surface area (Å²) >= 11 is 6.46. The molecular weight excluding hydrogens is 434 g/mol. The zero-order valence-electron chi connectivity index (χ0n) is 18.9. The van der Waals surface area contributed by atoms with E-state index in [-0.39, 0.29) is 34.4 Å². The molecule has 2 atom stereocenters. The molecule has 2 amide bonds. The Hall–Kier alpha value is -2.38. The lowest BCUT2D eigenvalue weighted by Gasteiger charge is -2.37. The molecule has 2 unspecified atom stereocenters. The number of carbonyl (C=O) groups is 2. The van der Waals surface area contributed by atoms with Crippen LogP contribution in [-0.2, 0) is 4.74 Å². The molecule has 10 heteroatoms. The fourth-order valence-electron chi connectivity index (χ4n) is 3.97. The van der Waals surface area contributed by atoms with E-state index in [9.17, 15) is 20.0 Å². The van der Waals surface area contributed by atoms with Crippen molar-refractivity contribution in [3.8, 4) is 6.07 Å². The summed E-state index contributed by atoms with van der Waals surface area (Å²) in [5.41, 5.74) is -0.313. The molecule has 174 valence electrons. The minimum absolute atomic E-state index is 0.0254. The van der Waals surface area contributed by atoms with E-state index >= 15 is 0 Å². The van der Waals surface area contributed by atoms with E-state index in [2.05, 4.69) is 22.2 Å². The third-order valence-electron chi connectivity index (χ3n) is 5.62. The van der Waals surface area contributed by atoms with Gasteiger partial charge in [0.2, 0.25) is 0 Å². The van der Waals surface area contributed by atoms with Crippen LogP contribution in [0.15, 0.2) is 12.1 Å². The Morgan fingerprint density at radius 2 is 1.88 bits per heavy atom. The molecule has 0 saturated carbocycles. The molecule has 3 rings (SSSR count). The first-order chi connectivity index (χ1) is 15.0. The molecule has 1 aromatic carbocycles. The molecule has 2 N–H and O–H groups in total. The second kappa shape index (κ2) is 9.63. The van der Waals surface area contributed by atoms with Crippen molar-refractivity contribution < 1.29 is 19.4 Å². The standard InChI is InChI=1S/C22H30ClN5O4/c1-22(2,3)32-21(31)25-16-10-14(11-24)9-15(19(16)23)20(30)28-12-17(18(29)13-28)27-7-5-26(4)6-8-27/h9-10,17-18,29H,5-8,12-13H2,1-4H3,(H,25,31). The Morgan fingerprint density at radius 3 is 2.47 bits per heavy atom. The van der Waals surface area contributed by atoms with Gasteiger partial charge in [0.1, 0.15) is 5.60 Å². The van der Waals surface area contributed by atoms with Crippen LogP contribution in [-0.4, -0.2) is 95.9 Å². The van der Waals surface area contributed by atoms with Crippen LogP contribution in [0, 0.1) is 11.3 Å². The van der Waals surface area contributed by atoms with Crippen molar-refractivity contribution in [2.45, 2.75) is 38.5 Å². The lowest BCUT2D eigenvalue weighted by Crippen LogP contribution is -2.52. The first-order valence-corrected chi connectivity index (χ1v) is 11.0. The number of piperazine rings is 1. The third-order valence-corrected chi connectivity index (χ3v) is 6.03. The minimum Gasteiger partial charge on any atom is -0.444 e. The van der Waals surface area contributed by atoms with Gasteiger partial charge in [-0.1, -0.05) is 11.6 Å². The van der Waals surface area contributed by atoms with Gasteiger partial charge < -0.3 is 19.6 Å². The number of hydrogen-bond acceptors (Lipinski definition) is 7. The van der Waals surface area contributed by atoms with E-state index in [1.54, 1.807) is 25.7 Å². The Kier molecular flexibility index (Phi) is 7.30. The number of halogens is 1. The van der Waals surface area contributed by atoms with Gasteiger partial charge >= 0.3 is 6.09 Å². The molecule has 9 nitrogen and oxygen atoms in total. The average Bonchev–Trinajstić information content (AvgIpc) is 3.09. The number of benzene rings is 1. The van der Waals surface area contributed by atoms with Gasteiger partial charge in [0.25, 0.3) is 5.91 Å². The summed E-state index contributed by atoms with van der Waals surface area (Å²) in [6, 6.07) is 4.64. The van der Waals surface area contributed by atoms with E-state index < -0.39 is 23.7 Å². The smallest absolute Gasteiger partial charge is 0.412 e. The summed E-state index contributed by atoms with van der Waals surface area (Å²) in [7, 11) is 2.06. The van der Waals surface area contributed by atoms with Crippen LogP contribution in [0.4, 0.5) is 10.5 Å². The number of aliphatic hydroxyl groups is 1. The van der Waals surface area contributed by atoms with Gasteiger partial charge in [0.05, 0.1) is 40.1 Å². The number of rotatable bonds is 3. The predicted octanol–water partition coefficient (Wildman–Crippen LogP) is 1.99. The number of nitriles is 1. The number of aliphatic hydroxyl groups excluding tert-OH is 1. The highest BCUT2D eigenvalue weighted by Gasteiger charge is 2.39. The number of likely N-dealkylation sites (tertiary alicyclic amines) is 1. The van der Waals surface area contributed by atoms with Crippen LogP contribution < -0.4 is 5.32 Å². The first-order valence-electron chi connectivity index (χ1n) is 10.6. The zero-order chi connectivity index (χ0) is 23.6. The molecule has 0 spiro atoms. The monoisotopic (exact) mass is 463 g/mol. The lowest BCUT2D eigenvalue weighted by molar-refractivity contribution is 0.0512. The fourth-order valence-corrected chi connectivity index (χ4v) is 4.20. The maximum atomic E-state index is 13.3. The number of ether oxygens (including phenoxy) is 1. The summed E-state index contributed by atoms with van der Waals surface area (Å²) in [5.74, 6) is -0.394. The van der Waals surface area contributed by atoms with Crippen molar-refractivity contribution in [2.75, 3.05) is 51.6 Å². The van der Waals surface area contributed by atoms with Crippen LogP contribution >= 0.6 is 11.6 Å². The summed E-state index contributed by atoms with van der Waals surface area (Å²) in [6.07, 6.45) is -1.40. The molecule has 2 saturated heterocycles. The molecule has 0 aliphatic carbocycles. The normalized spacial score (nSPS) is 22.5. The number of nitrogens with zero attached hydrogens (tertiary/aromatic N) is 4. The number of amides is 2. The summed E-state index contributed by atoms with van der Waals surface area (Å²) < 4.78 is 5.24. The number of anilines is 1. The van der Waals surface area contributed by atoms with Crippen LogP contribution in [0.5, 0.6) is 0 Å². The first kappa shape index (κ1) is 24.3. The molecule has 2 fully saturated rings. The van der Waals surface area contributed by atoms with E-state index in [4.69, 9.17) is 16.3 Å². The Morgan fingerprint density at radius 1 is 1.22 bits per heavy atom. The van der Waals surface area contributed by atoms with Gasteiger partial charge in [-0.2, -0.15) is 5.26 Å². The van der Waals surface area contributed by atoms with Crippen molar-refractivity contribution in [3.63, 3.8) is 0 Å². The highest BCUT2D eigenvalue weighted by Crippen LogP contribution is 2.31. The molecule has 0 aromatic heterocycles. The van der Waals surface area contributed by atoms with E-state index in [0.717, 1.165) is 26.2 Å². The zero-order valence-corrected chi connectivity index (χ0v) is 19.6. The van der Waals surface area contributed by atoms with Crippen LogP contribution in [0.1, 0.15) is 36.7 Å². The van der Waals surface area contributed by atoms with Gasteiger partial charge in [-0.05, 0) is 40.0 Å². The molecule has 1 aromatic rings. The lowest BCUT2D eigenvalue weighted by atomic mass is 10.1. The van der Waals surface area contributed by atoms with Crippen molar-refractivity contribution in [1.29, 1.82) is 5.26 Å². The largest absolute Gasteiger partial charge is 0.444 e. The Balaban J connectivity index is 1.79. The van der Waals surface area contributed by atoms with Crippen LogP contribution in [0.25, 0.3) is 0 Å². The summed E-state index contributed by atoms with van der Waals surface area (Å²) in [4.78, 5) is 31.5. The van der Waals surface area contributed by atoms with Crippen molar-refractivity contribution in [2.24, 2.45) is 0 Å².